The minimum atomic E-state index is -0.182. The molecule has 3 aromatic rings. The molecule has 19 heavy (non-hydrogen) atoms. The van der Waals surface area contributed by atoms with Crippen molar-refractivity contribution in [3.63, 3.8) is 0 Å². The summed E-state index contributed by atoms with van der Waals surface area (Å²) in [6.07, 6.45) is 0. The molecule has 0 aliphatic carbocycles. The quantitative estimate of drug-likeness (QED) is 0.668. The van der Waals surface area contributed by atoms with E-state index in [1.54, 1.807) is 6.07 Å². The topological polar surface area (TPSA) is 66.5 Å². The molecular weight excluding hydrogens is 260 g/mol. The van der Waals surface area contributed by atoms with Crippen LogP contribution in [0.1, 0.15) is 11.4 Å². The third-order valence-electron chi connectivity index (χ3n) is 2.98. The minimum Gasteiger partial charge on any atom is -0.332 e. The zero-order valence-electron chi connectivity index (χ0n) is 10.5. The van der Waals surface area contributed by atoms with Gasteiger partial charge in [-0.05, 0) is 50.3 Å². The highest BCUT2D eigenvalue weighted by Gasteiger charge is 2.06. The van der Waals surface area contributed by atoms with Gasteiger partial charge in [-0.15, -0.1) is 0 Å². The van der Waals surface area contributed by atoms with Crippen LogP contribution in [0.4, 0.5) is 0 Å². The maximum absolute atomic E-state index is 11.8. The number of aryl methyl sites for hydroxylation is 2. The number of aromatic nitrogens is 4. The smallest absolute Gasteiger partial charge is 0.259 e. The molecule has 0 fully saturated rings. The number of rotatable bonds is 1. The van der Waals surface area contributed by atoms with E-state index >= 15 is 0 Å². The average Bonchev–Trinajstić information content (AvgIpc) is 2.67. The monoisotopic (exact) mass is 272 g/mol. The van der Waals surface area contributed by atoms with Gasteiger partial charge in [0.2, 0.25) is 0 Å². The lowest BCUT2D eigenvalue weighted by Crippen LogP contribution is -2.08. The van der Waals surface area contributed by atoms with E-state index in [1.165, 1.54) is 0 Å². The second-order valence-electron chi connectivity index (χ2n) is 4.48. The van der Waals surface area contributed by atoms with Crippen LogP contribution in [0.2, 0.25) is 0 Å². The highest BCUT2D eigenvalue weighted by molar-refractivity contribution is 7.71. The molecule has 0 unspecified atom stereocenters. The molecule has 3 rings (SSSR count). The first-order chi connectivity index (χ1) is 9.04. The third-order valence-corrected chi connectivity index (χ3v) is 3.18. The zero-order valence-corrected chi connectivity index (χ0v) is 11.3. The highest BCUT2D eigenvalue weighted by Crippen LogP contribution is 2.16. The van der Waals surface area contributed by atoms with Crippen LogP contribution in [0.15, 0.2) is 29.1 Å². The molecule has 5 nitrogen and oxygen atoms in total. The molecule has 0 spiro atoms. The number of hydrogen-bond acceptors (Lipinski definition) is 3. The number of aromatic amines is 2. The molecule has 0 radical (unpaired) electrons. The van der Waals surface area contributed by atoms with Crippen molar-refractivity contribution in [2.45, 2.75) is 13.8 Å². The van der Waals surface area contributed by atoms with Crippen LogP contribution < -0.4 is 5.56 Å². The summed E-state index contributed by atoms with van der Waals surface area (Å²) >= 11 is 4.98. The Morgan fingerprint density at radius 2 is 2.00 bits per heavy atom. The predicted molar refractivity (Wildman–Crippen MR) is 76.3 cm³/mol. The van der Waals surface area contributed by atoms with Crippen LogP contribution in [0.25, 0.3) is 16.6 Å². The number of H-pyrrole nitrogens is 2. The van der Waals surface area contributed by atoms with Crippen molar-refractivity contribution < 1.29 is 0 Å². The molecule has 0 atom stereocenters. The largest absolute Gasteiger partial charge is 0.332 e. The predicted octanol–water partition coefficient (Wildman–Crippen LogP) is 2.39. The fourth-order valence-electron chi connectivity index (χ4n) is 2.18. The van der Waals surface area contributed by atoms with E-state index < -0.39 is 0 Å². The normalized spacial score (nSPS) is 11.1. The molecule has 0 amide bonds. The Hall–Kier alpha value is -2.21. The number of nitrogens with one attached hydrogen (secondary N) is 2. The third kappa shape index (κ3) is 2.00. The molecule has 0 saturated carbocycles. The summed E-state index contributed by atoms with van der Waals surface area (Å²) in [7, 11) is 0. The Balaban J connectivity index is 2.30. The van der Waals surface area contributed by atoms with E-state index in [2.05, 4.69) is 15.1 Å². The first-order valence-corrected chi connectivity index (χ1v) is 6.25. The van der Waals surface area contributed by atoms with Gasteiger partial charge in [0.05, 0.1) is 22.3 Å². The lowest BCUT2D eigenvalue weighted by Gasteiger charge is -2.05. The Morgan fingerprint density at radius 3 is 2.68 bits per heavy atom. The Kier molecular flexibility index (Phi) is 2.60. The SMILES string of the molecule is Cc1cc(C)n(-c2ccc3c(=O)[nH]c(=S)[nH]c3c2)n1. The van der Waals surface area contributed by atoms with Crippen LogP contribution in [0.5, 0.6) is 0 Å². The fraction of sp³-hybridized carbons (Fsp3) is 0.154. The van der Waals surface area contributed by atoms with Crippen molar-refractivity contribution in [2.75, 3.05) is 0 Å². The van der Waals surface area contributed by atoms with Gasteiger partial charge in [-0.1, -0.05) is 0 Å². The van der Waals surface area contributed by atoms with Gasteiger partial charge in [0.15, 0.2) is 4.77 Å². The molecule has 0 saturated heterocycles. The van der Waals surface area contributed by atoms with Gasteiger partial charge in [-0.3, -0.25) is 9.78 Å². The molecule has 1 aromatic carbocycles. The highest BCUT2D eigenvalue weighted by atomic mass is 32.1. The number of fused-ring (bicyclic) bond motifs is 1. The first kappa shape index (κ1) is 11.9. The molecule has 96 valence electrons. The maximum Gasteiger partial charge on any atom is 0.259 e. The van der Waals surface area contributed by atoms with Crippen LogP contribution in [0.3, 0.4) is 0 Å². The Labute approximate surface area is 113 Å². The molecule has 0 aliphatic rings. The van der Waals surface area contributed by atoms with Crippen molar-refractivity contribution >= 4 is 23.1 Å². The van der Waals surface area contributed by atoms with E-state index in [1.807, 2.05) is 36.7 Å². The van der Waals surface area contributed by atoms with Gasteiger partial charge in [0, 0.05) is 5.69 Å². The summed E-state index contributed by atoms with van der Waals surface area (Å²) < 4.78 is 2.16. The van der Waals surface area contributed by atoms with Crippen LogP contribution in [-0.4, -0.2) is 19.7 Å². The van der Waals surface area contributed by atoms with E-state index in [9.17, 15) is 4.79 Å². The van der Waals surface area contributed by atoms with Gasteiger partial charge < -0.3 is 4.98 Å². The van der Waals surface area contributed by atoms with Gasteiger partial charge in [-0.2, -0.15) is 5.10 Å². The van der Waals surface area contributed by atoms with Crippen LogP contribution >= 0.6 is 12.2 Å². The van der Waals surface area contributed by atoms with Gasteiger partial charge in [-0.25, -0.2) is 4.68 Å². The second-order valence-corrected chi connectivity index (χ2v) is 4.89. The summed E-state index contributed by atoms with van der Waals surface area (Å²) in [5.41, 5.74) is 3.42. The second kappa shape index (κ2) is 4.17. The minimum absolute atomic E-state index is 0.182. The maximum atomic E-state index is 11.8. The van der Waals surface area contributed by atoms with Crippen molar-refractivity contribution in [1.82, 2.24) is 19.7 Å². The Morgan fingerprint density at radius 1 is 1.21 bits per heavy atom. The average molecular weight is 272 g/mol. The van der Waals surface area contributed by atoms with E-state index in [-0.39, 0.29) is 5.56 Å². The number of benzene rings is 1. The van der Waals surface area contributed by atoms with E-state index in [0.717, 1.165) is 17.1 Å². The summed E-state index contributed by atoms with van der Waals surface area (Å²) in [5.74, 6) is 0. The number of nitrogens with zero attached hydrogens (tertiary/aromatic N) is 2. The molecule has 2 aromatic heterocycles. The van der Waals surface area contributed by atoms with Crippen LogP contribution in [0, 0.1) is 18.6 Å². The zero-order chi connectivity index (χ0) is 13.6. The summed E-state index contributed by atoms with van der Waals surface area (Å²) in [4.78, 5) is 17.3. The molecule has 2 heterocycles. The summed E-state index contributed by atoms with van der Waals surface area (Å²) in [6, 6.07) is 7.52. The Bertz CT molecular complexity index is 888. The lowest BCUT2D eigenvalue weighted by molar-refractivity contribution is 0.834. The van der Waals surface area contributed by atoms with Crippen LogP contribution in [-0.2, 0) is 0 Å². The van der Waals surface area contributed by atoms with Gasteiger partial charge in [0.1, 0.15) is 0 Å². The van der Waals surface area contributed by atoms with Crippen molar-refractivity contribution in [3.05, 3.63) is 50.8 Å². The molecular formula is C13H12N4OS. The van der Waals surface area contributed by atoms with E-state index in [0.29, 0.717) is 15.7 Å². The van der Waals surface area contributed by atoms with Crippen molar-refractivity contribution in [3.8, 4) is 5.69 Å². The summed E-state index contributed by atoms with van der Waals surface area (Å²) in [6.45, 7) is 3.94. The fourth-order valence-corrected chi connectivity index (χ4v) is 2.38. The molecule has 2 N–H and O–H groups in total. The summed E-state index contributed by atoms with van der Waals surface area (Å²) in [5, 5.41) is 5.01. The van der Waals surface area contributed by atoms with Crippen molar-refractivity contribution in [2.24, 2.45) is 0 Å². The molecule has 0 aliphatic heterocycles. The van der Waals surface area contributed by atoms with Gasteiger partial charge >= 0.3 is 0 Å². The molecule has 0 bridgehead atoms. The lowest BCUT2D eigenvalue weighted by atomic mass is 10.2. The molecule has 6 heteroatoms. The van der Waals surface area contributed by atoms with Gasteiger partial charge in [0.25, 0.3) is 5.56 Å². The van der Waals surface area contributed by atoms with Crippen molar-refractivity contribution in [1.29, 1.82) is 0 Å². The first-order valence-electron chi connectivity index (χ1n) is 5.84. The number of hydrogen-bond donors (Lipinski definition) is 2. The standard InChI is InChI=1S/C13H12N4OS/c1-7-5-8(2)17(16-7)9-3-4-10-11(6-9)14-13(19)15-12(10)18/h3-6H,1-2H3,(H2,14,15,18,19). The van der Waals surface area contributed by atoms with E-state index in [4.69, 9.17) is 12.2 Å².